The van der Waals surface area contributed by atoms with Gasteiger partial charge < -0.3 is 10.2 Å². The lowest BCUT2D eigenvalue weighted by Gasteiger charge is -2.17. The Morgan fingerprint density at radius 2 is 2.36 bits per heavy atom. The number of carboxylic acid groups (broad SMARTS) is 1. The highest BCUT2D eigenvalue weighted by molar-refractivity contribution is 5.76. The van der Waals surface area contributed by atoms with Gasteiger partial charge in [-0.05, 0) is 13.0 Å². The van der Waals surface area contributed by atoms with Crippen molar-refractivity contribution in [3.05, 3.63) is 29.8 Å². The van der Waals surface area contributed by atoms with E-state index in [2.05, 4.69) is 4.98 Å². The Kier molecular flexibility index (Phi) is 2.81. The average Bonchev–Trinajstić information content (AvgIpc) is 2.08. The van der Waals surface area contributed by atoms with Crippen LogP contribution in [0.3, 0.4) is 0 Å². The van der Waals surface area contributed by atoms with E-state index in [4.69, 9.17) is 5.11 Å². The van der Waals surface area contributed by atoms with Gasteiger partial charge in [0.2, 0.25) is 5.95 Å². The third-order valence-corrected chi connectivity index (χ3v) is 1.83. The fourth-order valence-corrected chi connectivity index (χ4v) is 0.998. The SMILES string of the molecule is CC(O)(Cc1cccnc1F)C(=O)O. The summed E-state index contributed by atoms with van der Waals surface area (Å²) < 4.78 is 13.0. The predicted octanol–water partition coefficient (Wildman–Crippen LogP) is 0.599. The molecule has 1 atom stereocenters. The fourth-order valence-electron chi connectivity index (χ4n) is 0.998. The van der Waals surface area contributed by atoms with E-state index in [0.717, 1.165) is 6.92 Å². The van der Waals surface area contributed by atoms with E-state index in [1.807, 2.05) is 0 Å². The number of rotatable bonds is 3. The van der Waals surface area contributed by atoms with Gasteiger partial charge in [0.05, 0.1) is 0 Å². The van der Waals surface area contributed by atoms with Crippen LogP contribution in [-0.4, -0.2) is 26.8 Å². The smallest absolute Gasteiger partial charge is 0.335 e. The van der Waals surface area contributed by atoms with Gasteiger partial charge in [-0.2, -0.15) is 4.39 Å². The Morgan fingerprint density at radius 1 is 1.71 bits per heavy atom. The van der Waals surface area contributed by atoms with E-state index in [0.29, 0.717) is 0 Å². The largest absolute Gasteiger partial charge is 0.479 e. The number of carbonyl (C=O) groups is 1. The Bertz CT molecular complexity index is 352. The molecular weight excluding hydrogens is 189 g/mol. The molecule has 1 unspecified atom stereocenters. The molecule has 0 aromatic carbocycles. The second-order valence-electron chi connectivity index (χ2n) is 3.21. The van der Waals surface area contributed by atoms with E-state index >= 15 is 0 Å². The van der Waals surface area contributed by atoms with Crippen molar-refractivity contribution >= 4 is 5.97 Å². The van der Waals surface area contributed by atoms with Crippen molar-refractivity contribution in [2.45, 2.75) is 18.9 Å². The van der Waals surface area contributed by atoms with E-state index in [1.165, 1.54) is 18.3 Å². The lowest BCUT2D eigenvalue weighted by molar-refractivity contribution is -0.156. The third-order valence-electron chi connectivity index (χ3n) is 1.83. The molecule has 0 saturated carbocycles. The van der Waals surface area contributed by atoms with Crippen LogP contribution in [0.4, 0.5) is 4.39 Å². The third kappa shape index (κ3) is 2.26. The van der Waals surface area contributed by atoms with Crippen LogP contribution in [-0.2, 0) is 11.2 Å². The van der Waals surface area contributed by atoms with Crippen molar-refractivity contribution in [3.63, 3.8) is 0 Å². The molecule has 0 bridgehead atoms. The summed E-state index contributed by atoms with van der Waals surface area (Å²) in [5.41, 5.74) is -1.89. The molecule has 2 N–H and O–H groups in total. The van der Waals surface area contributed by atoms with E-state index in [9.17, 15) is 14.3 Å². The van der Waals surface area contributed by atoms with Crippen molar-refractivity contribution in [1.82, 2.24) is 4.98 Å². The molecule has 0 radical (unpaired) electrons. The number of aliphatic carboxylic acids is 1. The summed E-state index contributed by atoms with van der Waals surface area (Å²) in [6.07, 6.45) is 0.955. The number of halogens is 1. The molecule has 5 heteroatoms. The monoisotopic (exact) mass is 199 g/mol. The van der Waals surface area contributed by atoms with Crippen molar-refractivity contribution in [2.75, 3.05) is 0 Å². The molecule has 0 aliphatic carbocycles. The lowest BCUT2D eigenvalue weighted by atomic mass is 9.98. The summed E-state index contributed by atoms with van der Waals surface area (Å²) in [5, 5.41) is 18.0. The maximum Gasteiger partial charge on any atom is 0.335 e. The number of aromatic nitrogens is 1. The van der Waals surface area contributed by atoms with Gasteiger partial charge in [-0.1, -0.05) is 6.07 Å². The summed E-state index contributed by atoms with van der Waals surface area (Å²) in [6.45, 7) is 1.11. The van der Waals surface area contributed by atoms with Gasteiger partial charge in [0.25, 0.3) is 0 Å². The van der Waals surface area contributed by atoms with Crippen LogP contribution in [0.5, 0.6) is 0 Å². The van der Waals surface area contributed by atoms with Gasteiger partial charge in [0, 0.05) is 18.2 Å². The lowest BCUT2D eigenvalue weighted by Crippen LogP contribution is -2.37. The molecule has 76 valence electrons. The zero-order valence-corrected chi connectivity index (χ0v) is 7.57. The van der Waals surface area contributed by atoms with Crippen LogP contribution >= 0.6 is 0 Å². The predicted molar refractivity (Wildman–Crippen MR) is 46.2 cm³/mol. The highest BCUT2D eigenvalue weighted by atomic mass is 19.1. The van der Waals surface area contributed by atoms with Crippen molar-refractivity contribution in [3.8, 4) is 0 Å². The number of hydrogen-bond donors (Lipinski definition) is 2. The molecule has 0 fully saturated rings. The van der Waals surface area contributed by atoms with E-state index in [1.54, 1.807) is 0 Å². The van der Waals surface area contributed by atoms with Crippen LogP contribution in [0.1, 0.15) is 12.5 Å². The summed E-state index contributed by atoms with van der Waals surface area (Å²) in [7, 11) is 0. The minimum absolute atomic E-state index is 0.0832. The van der Waals surface area contributed by atoms with Gasteiger partial charge in [0.1, 0.15) is 0 Å². The molecule has 1 heterocycles. The van der Waals surface area contributed by atoms with E-state index in [-0.39, 0.29) is 12.0 Å². The van der Waals surface area contributed by atoms with Crippen LogP contribution in [0.15, 0.2) is 18.3 Å². The second kappa shape index (κ2) is 3.71. The second-order valence-corrected chi connectivity index (χ2v) is 3.21. The van der Waals surface area contributed by atoms with Crippen molar-refractivity contribution < 1.29 is 19.4 Å². The fraction of sp³-hybridized carbons (Fsp3) is 0.333. The molecule has 0 amide bonds. The number of pyridine rings is 1. The molecule has 4 nitrogen and oxygen atoms in total. The first-order valence-corrected chi connectivity index (χ1v) is 3.98. The molecule has 0 spiro atoms. The zero-order chi connectivity index (χ0) is 10.8. The molecular formula is C9H10FNO3. The van der Waals surface area contributed by atoms with Gasteiger partial charge >= 0.3 is 5.97 Å². The molecule has 0 aliphatic heterocycles. The molecule has 1 rings (SSSR count). The Morgan fingerprint density at radius 3 is 2.86 bits per heavy atom. The Balaban J connectivity index is 2.89. The van der Waals surface area contributed by atoms with Gasteiger partial charge in [-0.15, -0.1) is 0 Å². The molecule has 1 aromatic rings. The summed E-state index contributed by atoms with van der Waals surface area (Å²) in [5.74, 6) is -2.14. The quantitative estimate of drug-likeness (QED) is 0.699. The van der Waals surface area contributed by atoms with Crippen LogP contribution in [0, 0.1) is 5.95 Å². The standard InChI is InChI=1S/C9H10FNO3/c1-9(14,8(12)13)5-6-3-2-4-11-7(6)10/h2-4,14H,5H2,1H3,(H,12,13). The highest BCUT2D eigenvalue weighted by Crippen LogP contribution is 2.14. The zero-order valence-electron chi connectivity index (χ0n) is 7.57. The Labute approximate surface area is 80.0 Å². The normalized spacial score (nSPS) is 14.8. The number of hydrogen-bond acceptors (Lipinski definition) is 3. The maximum atomic E-state index is 13.0. The first-order valence-electron chi connectivity index (χ1n) is 3.98. The molecule has 0 aliphatic rings. The summed E-state index contributed by atoms with van der Waals surface area (Å²) in [4.78, 5) is 13.9. The number of nitrogens with zero attached hydrogens (tertiary/aromatic N) is 1. The summed E-state index contributed by atoms with van der Waals surface area (Å²) >= 11 is 0. The number of aliphatic hydroxyl groups is 1. The molecule has 14 heavy (non-hydrogen) atoms. The van der Waals surface area contributed by atoms with Crippen LogP contribution < -0.4 is 0 Å². The van der Waals surface area contributed by atoms with Crippen molar-refractivity contribution in [1.29, 1.82) is 0 Å². The molecule has 0 saturated heterocycles. The minimum atomic E-state index is -1.97. The van der Waals surface area contributed by atoms with E-state index < -0.39 is 17.5 Å². The molecule has 1 aromatic heterocycles. The van der Waals surface area contributed by atoms with Crippen molar-refractivity contribution in [2.24, 2.45) is 0 Å². The topological polar surface area (TPSA) is 70.4 Å². The van der Waals surface area contributed by atoms with Gasteiger partial charge in [-0.3, -0.25) is 0 Å². The van der Waals surface area contributed by atoms with Crippen LogP contribution in [0.2, 0.25) is 0 Å². The Hall–Kier alpha value is -1.49. The first-order chi connectivity index (χ1) is 6.43. The summed E-state index contributed by atoms with van der Waals surface area (Å²) in [6, 6.07) is 2.87. The minimum Gasteiger partial charge on any atom is -0.479 e. The maximum absolute atomic E-state index is 13.0. The number of carboxylic acids is 1. The van der Waals surface area contributed by atoms with Crippen LogP contribution in [0.25, 0.3) is 0 Å². The van der Waals surface area contributed by atoms with Gasteiger partial charge in [-0.25, -0.2) is 9.78 Å². The van der Waals surface area contributed by atoms with Gasteiger partial charge in [0.15, 0.2) is 5.60 Å². The highest BCUT2D eigenvalue weighted by Gasteiger charge is 2.31. The first kappa shape index (κ1) is 10.6. The average molecular weight is 199 g/mol.